The Morgan fingerprint density at radius 1 is 1.26 bits per heavy atom. The van der Waals surface area contributed by atoms with Crippen LogP contribution in [0.15, 0.2) is 24.4 Å². The Labute approximate surface area is 114 Å². The van der Waals surface area contributed by atoms with Gasteiger partial charge in [-0.2, -0.15) is 0 Å². The molecule has 0 bridgehead atoms. The number of nitrogens with one attached hydrogen (secondary N) is 1. The first kappa shape index (κ1) is 12.3. The highest BCUT2D eigenvalue weighted by Gasteiger charge is 2.37. The smallest absolute Gasteiger partial charge is 0.0426 e. The average molecular weight is 255 g/mol. The van der Waals surface area contributed by atoms with E-state index in [1.807, 2.05) is 19.2 Å². The van der Waals surface area contributed by atoms with Crippen molar-refractivity contribution in [3.8, 4) is 0 Å². The van der Waals surface area contributed by atoms with E-state index in [4.69, 9.17) is 5.73 Å². The third-order valence-electron chi connectivity index (χ3n) is 4.13. The predicted molar refractivity (Wildman–Crippen MR) is 81.3 cm³/mol. The van der Waals surface area contributed by atoms with Gasteiger partial charge in [-0.15, -0.1) is 0 Å². The summed E-state index contributed by atoms with van der Waals surface area (Å²) < 4.78 is 0. The predicted octanol–water partition coefficient (Wildman–Crippen LogP) is 3.73. The molecule has 1 fully saturated rings. The first-order valence-electron chi connectivity index (χ1n) is 6.90. The van der Waals surface area contributed by atoms with Crippen LogP contribution in [0, 0.1) is 12.8 Å². The van der Waals surface area contributed by atoms with Crippen LogP contribution in [0.25, 0.3) is 10.8 Å². The maximum atomic E-state index is 6.04. The van der Waals surface area contributed by atoms with Crippen molar-refractivity contribution in [3.05, 3.63) is 30.1 Å². The number of nitrogen functional groups attached to an aromatic ring is 1. The fourth-order valence-electron chi connectivity index (χ4n) is 2.73. The minimum absolute atomic E-state index is 0.139. The quantitative estimate of drug-likeness (QED) is 0.822. The molecular weight excluding hydrogens is 234 g/mol. The summed E-state index contributed by atoms with van der Waals surface area (Å²) in [5.41, 5.74) is 9.15. The van der Waals surface area contributed by atoms with Crippen molar-refractivity contribution < 1.29 is 0 Å². The van der Waals surface area contributed by atoms with Gasteiger partial charge in [0.25, 0.3) is 0 Å². The molecule has 0 unspecified atom stereocenters. The molecule has 2 aromatic rings. The van der Waals surface area contributed by atoms with Gasteiger partial charge >= 0.3 is 0 Å². The highest BCUT2D eigenvalue weighted by atomic mass is 15.0. The minimum Gasteiger partial charge on any atom is -0.398 e. The Bertz CT molecular complexity index is 627. The number of pyridine rings is 1. The highest BCUT2D eigenvalue weighted by Crippen LogP contribution is 2.42. The summed E-state index contributed by atoms with van der Waals surface area (Å²) in [6, 6.07) is 6.16. The number of anilines is 2. The van der Waals surface area contributed by atoms with Crippen molar-refractivity contribution in [2.45, 2.75) is 39.2 Å². The van der Waals surface area contributed by atoms with Gasteiger partial charge in [0.05, 0.1) is 0 Å². The molecule has 1 heterocycles. The molecule has 3 nitrogen and oxygen atoms in total. The van der Waals surface area contributed by atoms with Crippen LogP contribution in [0.3, 0.4) is 0 Å². The Morgan fingerprint density at radius 3 is 2.68 bits per heavy atom. The lowest BCUT2D eigenvalue weighted by Gasteiger charge is -2.28. The molecule has 3 rings (SSSR count). The Hall–Kier alpha value is -1.77. The zero-order valence-electron chi connectivity index (χ0n) is 11.8. The Kier molecular flexibility index (Phi) is 2.66. The molecule has 0 radical (unpaired) electrons. The van der Waals surface area contributed by atoms with Gasteiger partial charge in [0.15, 0.2) is 0 Å². The summed E-state index contributed by atoms with van der Waals surface area (Å²) >= 11 is 0. The normalized spacial score (nSPS) is 15.7. The van der Waals surface area contributed by atoms with Crippen molar-refractivity contribution >= 4 is 22.1 Å². The monoisotopic (exact) mass is 255 g/mol. The number of rotatable bonds is 3. The fraction of sp³-hybridized carbons (Fsp3) is 0.438. The fourth-order valence-corrected chi connectivity index (χ4v) is 2.73. The van der Waals surface area contributed by atoms with Gasteiger partial charge in [-0.25, -0.2) is 0 Å². The molecule has 1 aliphatic rings. The molecule has 3 heteroatoms. The molecule has 100 valence electrons. The molecule has 0 aliphatic heterocycles. The Balaban J connectivity index is 2.08. The van der Waals surface area contributed by atoms with Crippen LogP contribution in [0.1, 0.15) is 32.4 Å². The molecule has 0 amide bonds. The first-order valence-corrected chi connectivity index (χ1v) is 6.90. The van der Waals surface area contributed by atoms with E-state index in [-0.39, 0.29) is 5.54 Å². The summed E-state index contributed by atoms with van der Waals surface area (Å²) in [6.07, 6.45) is 4.52. The molecule has 0 spiro atoms. The highest BCUT2D eigenvalue weighted by molar-refractivity contribution is 6.01. The van der Waals surface area contributed by atoms with E-state index in [0.717, 1.165) is 28.4 Å². The van der Waals surface area contributed by atoms with E-state index in [0.29, 0.717) is 0 Å². The molecule has 1 saturated carbocycles. The lowest BCUT2D eigenvalue weighted by molar-refractivity contribution is 0.495. The van der Waals surface area contributed by atoms with Crippen LogP contribution in [0.4, 0.5) is 11.4 Å². The van der Waals surface area contributed by atoms with Crippen molar-refractivity contribution in [3.63, 3.8) is 0 Å². The number of aryl methyl sites for hydroxylation is 1. The maximum absolute atomic E-state index is 6.04. The number of aromatic nitrogens is 1. The summed E-state index contributed by atoms with van der Waals surface area (Å²) in [5, 5.41) is 5.89. The van der Waals surface area contributed by atoms with Crippen LogP contribution in [0.2, 0.25) is 0 Å². The zero-order chi connectivity index (χ0) is 13.6. The molecule has 1 aliphatic carbocycles. The van der Waals surface area contributed by atoms with Crippen LogP contribution < -0.4 is 11.1 Å². The van der Waals surface area contributed by atoms with Gasteiger partial charge in [0.1, 0.15) is 0 Å². The van der Waals surface area contributed by atoms with Crippen LogP contribution in [0.5, 0.6) is 0 Å². The third-order valence-corrected chi connectivity index (χ3v) is 4.13. The second kappa shape index (κ2) is 4.12. The lowest BCUT2D eigenvalue weighted by atomic mass is 9.97. The SMILES string of the molecule is Cc1cc2c(NC(C)(C)C3CC3)ccc(N)c2cn1. The summed E-state index contributed by atoms with van der Waals surface area (Å²) in [4.78, 5) is 4.35. The molecular formula is C16H21N3. The van der Waals surface area contributed by atoms with Gasteiger partial charge in [-0.1, -0.05) is 0 Å². The molecule has 19 heavy (non-hydrogen) atoms. The van der Waals surface area contributed by atoms with Gasteiger partial charge in [0.2, 0.25) is 0 Å². The number of hydrogen-bond acceptors (Lipinski definition) is 3. The second-order valence-electron chi connectivity index (χ2n) is 6.19. The molecule has 1 aromatic carbocycles. The lowest BCUT2D eigenvalue weighted by Crippen LogP contribution is -2.33. The van der Waals surface area contributed by atoms with E-state index < -0.39 is 0 Å². The van der Waals surface area contributed by atoms with E-state index in [2.05, 4.69) is 36.3 Å². The molecule has 0 saturated heterocycles. The summed E-state index contributed by atoms with van der Waals surface area (Å²) in [6.45, 7) is 6.57. The summed E-state index contributed by atoms with van der Waals surface area (Å²) in [7, 11) is 0. The zero-order valence-corrected chi connectivity index (χ0v) is 11.8. The van der Waals surface area contributed by atoms with Crippen molar-refractivity contribution in [1.29, 1.82) is 0 Å². The van der Waals surface area contributed by atoms with E-state index >= 15 is 0 Å². The van der Waals surface area contributed by atoms with Gasteiger partial charge < -0.3 is 11.1 Å². The van der Waals surface area contributed by atoms with Crippen LogP contribution in [-0.2, 0) is 0 Å². The molecule has 3 N–H and O–H groups in total. The van der Waals surface area contributed by atoms with Crippen molar-refractivity contribution in [2.24, 2.45) is 5.92 Å². The van der Waals surface area contributed by atoms with E-state index in [9.17, 15) is 0 Å². The number of nitrogens with zero attached hydrogens (tertiary/aromatic N) is 1. The average Bonchev–Trinajstić information content (AvgIpc) is 3.17. The maximum Gasteiger partial charge on any atom is 0.0426 e. The largest absolute Gasteiger partial charge is 0.398 e. The number of nitrogens with two attached hydrogens (primary N) is 1. The number of hydrogen-bond donors (Lipinski definition) is 2. The van der Waals surface area contributed by atoms with Crippen molar-refractivity contribution in [2.75, 3.05) is 11.1 Å². The topological polar surface area (TPSA) is 50.9 Å². The van der Waals surface area contributed by atoms with E-state index in [1.165, 1.54) is 18.2 Å². The number of fused-ring (bicyclic) bond motifs is 1. The van der Waals surface area contributed by atoms with Gasteiger partial charge in [-0.3, -0.25) is 4.98 Å². The standard InChI is InChI=1S/C16H21N3/c1-10-8-12-13(9-18-10)14(17)6-7-15(12)19-16(2,3)11-4-5-11/h6-9,11,19H,4-5,17H2,1-3H3. The third kappa shape index (κ3) is 2.25. The van der Waals surface area contributed by atoms with Crippen LogP contribution in [-0.4, -0.2) is 10.5 Å². The second-order valence-corrected chi connectivity index (χ2v) is 6.19. The van der Waals surface area contributed by atoms with E-state index in [1.54, 1.807) is 0 Å². The van der Waals surface area contributed by atoms with Crippen molar-refractivity contribution in [1.82, 2.24) is 4.98 Å². The number of benzene rings is 1. The first-order chi connectivity index (χ1) is 8.97. The minimum atomic E-state index is 0.139. The molecule has 0 atom stereocenters. The van der Waals surface area contributed by atoms with Gasteiger partial charge in [0, 0.05) is 39.6 Å². The van der Waals surface area contributed by atoms with Crippen LogP contribution >= 0.6 is 0 Å². The van der Waals surface area contributed by atoms with Gasteiger partial charge in [-0.05, 0) is 57.7 Å². The molecule has 1 aromatic heterocycles. The Morgan fingerprint density at radius 2 is 2.00 bits per heavy atom. The summed E-state index contributed by atoms with van der Waals surface area (Å²) in [5.74, 6) is 0.781.